The van der Waals surface area contributed by atoms with Gasteiger partial charge in [-0.2, -0.15) is 4.99 Å². The summed E-state index contributed by atoms with van der Waals surface area (Å²) in [6.07, 6.45) is 0. The summed E-state index contributed by atoms with van der Waals surface area (Å²) in [5.74, 6) is 0.180. The Bertz CT molecular complexity index is 1110. The Morgan fingerprint density at radius 2 is 1.89 bits per heavy atom. The van der Waals surface area contributed by atoms with E-state index in [-0.39, 0.29) is 5.97 Å². The van der Waals surface area contributed by atoms with Gasteiger partial charge in [0.05, 0.1) is 42.2 Å². The van der Waals surface area contributed by atoms with Gasteiger partial charge in [-0.05, 0) is 37.3 Å². The zero-order chi connectivity index (χ0) is 20.3. The van der Waals surface area contributed by atoms with Crippen LogP contribution < -0.4 is 14.3 Å². The molecule has 0 saturated carbocycles. The number of thiazole rings is 1. The van der Waals surface area contributed by atoms with Crippen LogP contribution in [0.3, 0.4) is 0 Å². The van der Waals surface area contributed by atoms with Crippen molar-refractivity contribution in [1.29, 1.82) is 0 Å². The second-order valence-electron chi connectivity index (χ2n) is 5.83. The largest absolute Gasteiger partial charge is 0.497 e. The Balaban J connectivity index is 2.03. The van der Waals surface area contributed by atoms with Crippen molar-refractivity contribution < 1.29 is 23.8 Å². The molecule has 3 aromatic rings. The van der Waals surface area contributed by atoms with Gasteiger partial charge in [-0.1, -0.05) is 11.3 Å². The number of carbonyl (C=O) groups is 2. The molecule has 0 saturated heterocycles. The number of amides is 1. The van der Waals surface area contributed by atoms with Crippen molar-refractivity contribution in [2.45, 2.75) is 6.92 Å². The molecule has 0 unspecified atom stereocenters. The van der Waals surface area contributed by atoms with E-state index >= 15 is 0 Å². The highest BCUT2D eigenvalue weighted by Crippen LogP contribution is 2.25. The third-order valence-electron chi connectivity index (χ3n) is 4.16. The number of rotatable bonds is 5. The summed E-state index contributed by atoms with van der Waals surface area (Å²) in [5, 5.41) is 0. The zero-order valence-electron chi connectivity index (χ0n) is 16.0. The molecule has 2 aromatic carbocycles. The molecule has 7 nitrogen and oxygen atoms in total. The third kappa shape index (κ3) is 3.77. The summed E-state index contributed by atoms with van der Waals surface area (Å²) in [4.78, 5) is 29.4. The molecule has 1 aromatic heterocycles. The van der Waals surface area contributed by atoms with Crippen molar-refractivity contribution in [2.24, 2.45) is 12.0 Å². The molecule has 1 amide bonds. The van der Waals surface area contributed by atoms with Gasteiger partial charge >= 0.3 is 5.97 Å². The van der Waals surface area contributed by atoms with Crippen molar-refractivity contribution in [2.75, 3.05) is 20.8 Å². The van der Waals surface area contributed by atoms with Gasteiger partial charge < -0.3 is 18.8 Å². The molecule has 28 heavy (non-hydrogen) atoms. The average Bonchev–Trinajstić information content (AvgIpc) is 3.02. The van der Waals surface area contributed by atoms with E-state index in [1.54, 1.807) is 44.4 Å². The number of esters is 1. The average molecular weight is 400 g/mol. The minimum absolute atomic E-state index is 0.313. The van der Waals surface area contributed by atoms with E-state index in [0.717, 1.165) is 10.2 Å². The molecule has 0 N–H and O–H groups in total. The van der Waals surface area contributed by atoms with Crippen molar-refractivity contribution >= 4 is 33.4 Å². The van der Waals surface area contributed by atoms with Gasteiger partial charge in [0.2, 0.25) is 0 Å². The van der Waals surface area contributed by atoms with Crippen LogP contribution in [-0.4, -0.2) is 37.3 Å². The number of hydrogen-bond acceptors (Lipinski definition) is 6. The van der Waals surface area contributed by atoms with Gasteiger partial charge in [-0.15, -0.1) is 0 Å². The number of aryl methyl sites for hydroxylation is 1. The lowest BCUT2D eigenvalue weighted by Crippen LogP contribution is -2.13. The molecule has 0 bridgehead atoms. The molecule has 0 aliphatic rings. The molecule has 0 atom stereocenters. The van der Waals surface area contributed by atoms with Crippen LogP contribution in [0.15, 0.2) is 41.4 Å². The minimum atomic E-state index is -0.424. The van der Waals surface area contributed by atoms with Crippen LogP contribution in [0.1, 0.15) is 27.6 Å². The summed E-state index contributed by atoms with van der Waals surface area (Å²) >= 11 is 1.32. The monoisotopic (exact) mass is 400 g/mol. The van der Waals surface area contributed by atoms with Crippen LogP contribution in [0.5, 0.6) is 11.5 Å². The highest BCUT2D eigenvalue weighted by Gasteiger charge is 2.14. The van der Waals surface area contributed by atoms with Gasteiger partial charge in [-0.25, -0.2) is 4.79 Å². The Labute approximate surface area is 165 Å². The number of fused-ring (bicyclic) bond motifs is 1. The van der Waals surface area contributed by atoms with Gasteiger partial charge in [0.1, 0.15) is 11.5 Å². The first-order valence-electron chi connectivity index (χ1n) is 8.56. The first-order valence-corrected chi connectivity index (χ1v) is 9.38. The molecule has 146 valence electrons. The standard InChI is InChI=1S/C20H20N2O5S/c1-5-27-19(24)12-6-9-15-17(10-12)28-20(22(15)2)21-18(23)14-8-7-13(25-3)11-16(14)26-4/h6-11H,5H2,1-4H3. The van der Waals surface area contributed by atoms with E-state index < -0.39 is 5.91 Å². The zero-order valence-corrected chi connectivity index (χ0v) is 16.8. The molecular weight excluding hydrogens is 380 g/mol. The van der Waals surface area contributed by atoms with Crippen LogP contribution in [0.4, 0.5) is 0 Å². The van der Waals surface area contributed by atoms with E-state index in [9.17, 15) is 9.59 Å². The number of methoxy groups -OCH3 is 2. The number of aromatic nitrogens is 1. The van der Waals surface area contributed by atoms with E-state index in [1.165, 1.54) is 18.4 Å². The maximum absolute atomic E-state index is 12.7. The second kappa shape index (κ2) is 8.26. The van der Waals surface area contributed by atoms with Crippen LogP contribution in [0.2, 0.25) is 0 Å². The highest BCUT2D eigenvalue weighted by atomic mass is 32.1. The van der Waals surface area contributed by atoms with Gasteiger partial charge in [0.15, 0.2) is 4.80 Å². The lowest BCUT2D eigenvalue weighted by atomic mass is 10.2. The predicted molar refractivity (Wildman–Crippen MR) is 106 cm³/mol. The summed E-state index contributed by atoms with van der Waals surface area (Å²) < 4.78 is 18.1. The third-order valence-corrected chi connectivity index (χ3v) is 5.25. The highest BCUT2D eigenvalue weighted by molar-refractivity contribution is 7.16. The maximum Gasteiger partial charge on any atom is 0.338 e. The Kier molecular flexibility index (Phi) is 5.79. The van der Waals surface area contributed by atoms with Crippen molar-refractivity contribution in [3.05, 3.63) is 52.3 Å². The van der Waals surface area contributed by atoms with Crippen molar-refractivity contribution in [3.63, 3.8) is 0 Å². The lowest BCUT2D eigenvalue weighted by molar-refractivity contribution is 0.0526. The fourth-order valence-electron chi connectivity index (χ4n) is 2.70. The summed E-state index contributed by atoms with van der Waals surface area (Å²) in [6.45, 7) is 2.07. The number of hydrogen-bond donors (Lipinski definition) is 0. The second-order valence-corrected chi connectivity index (χ2v) is 6.84. The fraction of sp³-hybridized carbons (Fsp3) is 0.250. The van der Waals surface area contributed by atoms with E-state index in [1.807, 2.05) is 17.7 Å². The molecule has 1 heterocycles. The molecule has 0 aliphatic heterocycles. The minimum Gasteiger partial charge on any atom is -0.497 e. The lowest BCUT2D eigenvalue weighted by Gasteiger charge is -2.07. The number of carbonyl (C=O) groups excluding carboxylic acids is 2. The molecule has 0 radical (unpaired) electrons. The van der Waals surface area contributed by atoms with Crippen LogP contribution in [0, 0.1) is 0 Å². The van der Waals surface area contributed by atoms with Crippen LogP contribution in [0.25, 0.3) is 10.2 Å². The normalized spacial score (nSPS) is 11.5. The maximum atomic E-state index is 12.7. The number of ether oxygens (including phenoxy) is 3. The number of nitrogens with zero attached hydrogens (tertiary/aromatic N) is 2. The predicted octanol–water partition coefficient (Wildman–Crippen LogP) is 3.17. The SMILES string of the molecule is CCOC(=O)c1ccc2c(c1)sc(=NC(=O)c1ccc(OC)cc1OC)n2C. The molecule has 0 aliphatic carbocycles. The molecule has 8 heteroatoms. The quantitative estimate of drug-likeness (QED) is 0.615. The van der Waals surface area contributed by atoms with Crippen molar-refractivity contribution in [1.82, 2.24) is 4.57 Å². The van der Waals surface area contributed by atoms with Gasteiger partial charge in [-0.3, -0.25) is 4.79 Å². The Morgan fingerprint density at radius 3 is 2.57 bits per heavy atom. The Hall–Kier alpha value is -3.13. The molecule has 0 fully saturated rings. The van der Waals surface area contributed by atoms with E-state index in [4.69, 9.17) is 14.2 Å². The van der Waals surface area contributed by atoms with Gasteiger partial charge in [0, 0.05) is 13.1 Å². The smallest absolute Gasteiger partial charge is 0.338 e. The molecule has 3 rings (SSSR count). The topological polar surface area (TPSA) is 79.1 Å². The summed E-state index contributed by atoms with van der Waals surface area (Å²) in [5.41, 5.74) is 1.67. The number of benzene rings is 2. The van der Waals surface area contributed by atoms with Crippen molar-refractivity contribution in [3.8, 4) is 11.5 Å². The van der Waals surface area contributed by atoms with Crippen LogP contribution in [-0.2, 0) is 11.8 Å². The first-order chi connectivity index (χ1) is 13.5. The van der Waals surface area contributed by atoms with E-state index in [0.29, 0.717) is 34.0 Å². The fourth-order valence-corrected chi connectivity index (χ4v) is 3.76. The van der Waals surface area contributed by atoms with Crippen LogP contribution >= 0.6 is 11.3 Å². The molecule has 0 spiro atoms. The van der Waals surface area contributed by atoms with E-state index in [2.05, 4.69) is 4.99 Å². The first kappa shape index (κ1) is 19.6. The van der Waals surface area contributed by atoms with Gasteiger partial charge in [0.25, 0.3) is 5.91 Å². The molecular formula is C20H20N2O5S. The summed E-state index contributed by atoms with van der Waals surface area (Å²) in [6, 6.07) is 10.2. The Morgan fingerprint density at radius 1 is 1.11 bits per heavy atom. The summed E-state index contributed by atoms with van der Waals surface area (Å²) in [7, 11) is 4.85.